The van der Waals surface area contributed by atoms with Crippen LogP contribution < -0.4 is 11.1 Å². The molecule has 0 rings (SSSR count). The molecule has 0 unspecified atom stereocenters. The Hall–Kier alpha value is -1.26. The number of alkyl carbamates (subject to hydrolysis) is 1. The van der Waals surface area contributed by atoms with Crippen molar-refractivity contribution in [1.82, 2.24) is 5.32 Å². The molecular weight excluding hydrogens is 182 g/mol. The first-order valence-corrected chi connectivity index (χ1v) is 4.76. The Balaban J connectivity index is 3.31. The molecule has 0 atom stereocenters. The van der Waals surface area contributed by atoms with E-state index in [1.807, 2.05) is 13.8 Å². The second-order valence-corrected chi connectivity index (χ2v) is 3.55. The van der Waals surface area contributed by atoms with Gasteiger partial charge in [-0.15, -0.1) is 0 Å². The standard InChI is InChI=1S/C9H19N3O2/c1-7(2)6-14-9(13)12-5-3-4-8(10)11/h7H,3-6H2,1-2H3,(H3,10,11)(H,12,13). The van der Waals surface area contributed by atoms with Gasteiger partial charge in [0, 0.05) is 13.0 Å². The van der Waals surface area contributed by atoms with Crippen LogP contribution in [0.25, 0.3) is 0 Å². The Kier molecular flexibility index (Phi) is 6.53. The highest BCUT2D eigenvalue weighted by Crippen LogP contribution is 1.92. The lowest BCUT2D eigenvalue weighted by Gasteiger charge is -2.08. The molecule has 0 bridgehead atoms. The van der Waals surface area contributed by atoms with E-state index < -0.39 is 6.09 Å². The molecule has 5 nitrogen and oxygen atoms in total. The van der Waals surface area contributed by atoms with E-state index in [2.05, 4.69) is 5.32 Å². The predicted octanol–water partition coefficient (Wildman–Crippen LogP) is 1.08. The van der Waals surface area contributed by atoms with Crippen molar-refractivity contribution in [2.24, 2.45) is 11.7 Å². The van der Waals surface area contributed by atoms with Gasteiger partial charge in [-0.1, -0.05) is 13.8 Å². The second-order valence-electron chi connectivity index (χ2n) is 3.55. The quantitative estimate of drug-likeness (QED) is 0.341. The van der Waals surface area contributed by atoms with Gasteiger partial charge in [0.25, 0.3) is 0 Å². The number of amidine groups is 1. The van der Waals surface area contributed by atoms with E-state index in [1.165, 1.54) is 0 Å². The summed E-state index contributed by atoms with van der Waals surface area (Å²) in [6.45, 7) is 4.88. The highest BCUT2D eigenvalue weighted by molar-refractivity contribution is 5.76. The van der Waals surface area contributed by atoms with E-state index in [-0.39, 0.29) is 5.84 Å². The van der Waals surface area contributed by atoms with Crippen LogP contribution in [0.15, 0.2) is 0 Å². The summed E-state index contributed by atoms with van der Waals surface area (Å²) in [5.74, 6) is 0.486. The van der Waals surface area contributed by atoms with Gasteiger partial charge in [-0.3, -0.25) is 5.41 Å². The third-order valence-electron chi connectivity index (χ3n) is 1.44. The fourth-order valence-corrected chi connectivity index (χ4v) is 0.763. The van der Waals surface area contributed by atoms with E-state index in [9.17, 15) is 4.79 Å². The van der Waals surface area contributed by atoms with Crippen molar-refractivity contribution < 1.29 is 9.53 Å². The van der Waals surface area contributed by atoms with Gasteiger partial charge in [-0.25, -0.2) is 4.79 Å². The first kappa shape index (κ1) is 12.7. The molecule has 82 valence electrons. The smallest absolute Gasteiger partial charge is 0.407 e. The summed E-state index contributed by atoms with van der Waals surface area (Å²) in [7, 11) is 0. The topological polar surface area (TPSA) is 88.2 Å². The lowest BCUT2D eigenvalue weighted by molar-refractivity contribution is 0.133. The molecule has 0 saturated carbocycles. The Morgan fingerprint density at radius 3 is 2.71 bits per heavy atom. The number of ether oxygens (including phenoxy) is 1. The van der Waals surface area contributed by atoms with E-state index in [0.29, 0.717) is 31.9 Å². The van der Waals surface area contributed by atoms with Crippen LogP contribution in [0, 0.1) is 11.3 Å². The van der Waals surface area contributed by atoms with Gasteiger partial charge in [0.1, 0.15) is 0 Å². The molecule has 0 aromatic rings. The molecule has 0 aliphatic heterocycles. The summed E-state index contributed by atoms with van der Waals surface area (Å²) < 4.78 is 4.88. The average Bonchev–Trinajstić information content (AvgIpc) is 2.08. The van der Waals surface area contributed by atoms with Crippen LogP contribution in [-0.4, -0.2) is 25.1 Å². The van der Waals surface area contributed by atoms with Crippen LogP contribution in [0.3, 0.4) is 0 Å². The van der Waals surface area contributed by atoms with Crippen LogP contribution in [0.1, 0.15) is 26.7 Å². The summed E-state index contributed by atoms with van der Waals surface area (Å²) in [5, 5.41) is 9.53. The summed E-state index contributed by atoms with van der Waals surface area (Å²) >= 11 is 0. The summed E-state index contributed by atoms with van der Waals surface area (Å²) in [5.41, 5.74) is 5.15. The number of nitrogens with two attached hydrogens (primary N) is 1. The number of amides is 1. The third kappa shape index (κ3) is 8.83. The summed E-state index contributed by atoms with van der Waals surface area (Å²) in [6, 6.07) is 0. The van der Waals surface area contributed by atoms with Crippen molar-refractivity contribution >= 4 is 11.9 Å². The van der Waals surface area contributed by atoms with Gasteiger partial charge in [-0.2, -0.15) is 0 Å². The lowest BCUT2D eigenvalue weighted by atomic mass is 10.2. The van der Waals surface area contributed by atoms with Crippen molar-refractivity contribution in [3.8, 4) is 0 Å². The van der Waals surface area contributed by atoms with Gasteiger partial charge in [0.05, 0.1) is 12.4 Å². The van der Waals surface area contributed by atoms with Crippen molar-refractivity contribution in [2.75, 3.05) is 13.2 Å². The van der Waals surface area contributed by atoms with Gasteiger partial charge in [0.15, 0.2) is 0 Å². The second kappa shape index (κ2) is 7.17. The number of hydrogen-bond donors (Lipinski definition) is 3. The molecule has 0 aliphatic rings. The molecule has 14 heavy (non-hydrogen) atoms. The van der Waals surface area contributed by atoms with Gasteiger partial charge < -0.3 is 15.8 Å². The number of carbonyl (C=O) groups excluding carboxylic acids is 1. The van der Waals surface area contributed by atoms with Gasteiger partial charge in [0.2, 0.25) is 0 Å². The maximum Gasteiger partial charge on any atom is 0.407 e. The van der Waals surface area contributed by atoms with E-state index in [0.717, 1.165) is 0 Å². The molecule has 1 amide bonds. The first-order chi connectivity index (χ1) is 6.52. The van der Waals surface area contributed by atoms with Crippen LogP contribution in [-0.2, 0) is 4.74 Å². The largest absolute Gasteiger partial charge is 0.449 e. The minimum atomic E-state index is -0.401. The molecule has 0 aromatic carbocycles. The summed E-state index contributed by atoms with van der Waals surface area (Å²) in [6.07, 6.45) is 0.776. The van der Waals surface area contributed by atoms with Gasteiger partial charge >= 0.3 is 6.09 Å². The normalized spacial score (nSPS) is 9.93. The van der Waals surface area contributed by atoms with Crippen LogP contribution in [0.5, 0.6) is 0 Å². The monoisotopic (exact) mass is 201 g/mol. The zero-order chi connectivity index (χ0) is 11.0. The molecule has 0 spiro atoms. The van der Waals surface area contributed by atoms with E-state index in [4.69, 9.17) is 15.9 Å². The predicted molar refractivity (Wildman–Crippen MR) is 55.3 cm³/mol. The molecule has 5 heteroatoms. The fraction of sp³-hybridized carbons (Fsp3) is 0.778. The first-order valence-electron chi connectivity index (χ1n) is 4.76. The fourth-order valence-electron chi connectivity index (χ4n) is 0.763. The number of nitrogens with one attached hydrogen (secondary N) is 2. The zero-order valence-corrected chi connectivity index (χ0v) is 8.80. The molecular formula is C9H19N3O2. The van der Waals surface area contributed by atoms with E-state index >= 15 is 0 Å². The van der Waals surface area contributed by atoms with E-state index in [1.54, 1.807) is 0 Å². The maximum atomic E-state index is 11.0. The molecule has 4 N–H and O–H groups in total. The van der Waals surface area contributed by atoms with Gasteiger partial charge in [-0.05, 0) is 12.3 Å². The van der Waals surface area contributed by atoms with Crippen LogP contribution >= 0.6 is 0 Å². The Morgan fingerprint density at radius 1 is 1.57 bits per heavy atom. The van der Waals surface area contributed by atoms with Crippen molar-refractivity contribution in [1.29, 1.82) is 5.41 Å². The molecule has 0 aromatic heterocycles. The SMILES string of the molecule is CC(C)COC(=O)NCCCC(=N)N. The molecule has 0 saturated heterocycles. The molecule has 0 aliphatic carbocycles. The highest BCUT2D eigenvalue weighted by Gasteiger charge is 2.02. The number of rotatable bonds is 6. The number of hydrogen-bond acceptors (Lipinski definition) is 3. The van der Waals surface area contributed by atoms with Crippen molar-refractivity contribution in [2.45, 2.75) is 26.7 Å². The maximum absolute atomic E-state index is 11.0. The van der Waals surface area contributed by atoms with Crippen LogP contribution in [0.4, 0.5) is 4.79 Å². The Bertz CT molecular complexity index is 192. The molecule has 0 radical (unpaired) electrons. The minimum absolute atomic E-state index is 0.141. The van der Waals surface area contributed by atoms with Crippen LogP contribution in [0.2, 0.25) is 0 Å². The Labute approximate surface area is 84.5 Å². The van der Waals surface area contributed by atoms with Crippen molar-refractivity contribution in [3.05, 3.63) is 0 Å². The number of carbonyl (C=O) groups is 1. The average molecular weight is 201 g/mol. The molecule has 0 fully saturated rings. The van der Waals surface area contributed by atoms with Crippen molar-refractivity contribution in [3.63, 3.8) is 0 Å². The molecule has 0 heterocycles. The summed E-state index contributed by atoms with van der Waals surface area (Å²) in [4.78, 5) is 11.0. The third-order valence-corrected chi connectivity index (χ3v) is 1.44. The lowest BCUT2D eigenvalue weighted by Crippen LogP contribution is -2.27. The Morgan fingerprint density at radius 2 is 2.21 bits per heavy atom. The minimum Gasteiger partial charge on any atom is -0.449 e. The highest BCUT2D eigenvalue weighted by atomic mass is 16.5. The zero-order valence-electron chi connectivity index (χ0n) is 8.80.